The van der Waals surface area contributed by atoms with E-state index in [9.17, 15) is 14.9 Å². The van der Waals surface area contributed by atoms with Crippen molar-refractivity contribution in [1.29, 1.82) is 0 Å². The number of non-ortho nitro benzene ring substituents is 1. The molecule has 19 heavy (non-hydrogen) atoms. The second-order valence-corrected chi connectivity index (χ2v) is 4.61. The number of halogens is 1. The summed E-state index contributed by atoms with van der Waals surface area (Å²) in [6.07, 6.45) is 1.31. The fourth-order valence-corrected chi connectivity index (χ4v) is 2.01. The highest BCUT2D eigenvalue weighted by Crippen LogP contribution is 2.25. The van der Waals surface area contributed by atoms with Crippen molar-refractivity contribution in [1.82, 2.24) is 0 Å². The quantitative estimate of drug-likeness (QED) is 0.590. The maximum Gasteiger partial charge on any atom is 0.306 e. The molecule has 0 bridgehead atoms. The molecule has 0 spiro atoms. The molecule has 0 fully saturated rings. The zero-order valence-corrected chi connectivity index (χ0v) is 11.0. The van der Waals surface area contributed by atoms with Gasteiger partial charge in [-0.05, 0) is 31.4 Å². The number of nitrogens with zero attached hydrogens (tertiary/aromatic N) is 1. The van der Waals surface area contributed by atoms with Crippen LogP contribution in [-0.2, 0) is 11.2 Å². The van der Waals surface area contributed by atoms with E-state index in [0.717, 1.165) is 0 Å². The Morgan fingerprint density at radius 3 is 2.68 bits per heavy atom. The summed E-state index contributed by atoms with van der Waals surface area (Å²) in [5.41, 5.74) is 5.84. The first-order valence-corrected chi connectivity index (χ1v) is 6.19. The number of nitro benzene ring substituents is 1. The number of hydrogen-bond donors (Lipinski definition) is 2. The summed E-state index contributed by atoms with van der Waals surface area (Å²) in [4.78, 5) is 21.1. The second kappa shape index (κ2) is 7.06. The fourth-order valence-electron chi connectivity index (χ4n) is 1.76. The van der Waals surface area contributed by atoms with Crippen molar-refractivity contribution in [3.63, 3.8) is 0 Å². The van der Waals surface area contributed by atoms with E-state index in [0.29, 0.717) is 24.9 Å². The van der Waals surface area contributed by atoms with Crippen LogP contribution < -0.4 is 5.73 Å². The standard InChI is InChI=1S/C12H15ClN2O4/c13-11-7-10(15(18)19)4-3-8(11)6-9(12(16)17)2-1-5-14/h3-4,7,9H,1-2,5-6,14H2,(H,16,17). The zero-order chi connectivity index (χ0) is 14.4. The van der Waals surface area contributed by atoms with E-state index in [1.807, 2.05) is 0 Å². The van der Waals surface area contributed by atoms with Crippen molar-refractivity contribution in [2.24, 2.45) is 11.7 Å². The summed E-state index contributed by atoms with van der Waals surface area (Å²) in [6, 6.07) is 4.06. The molecule has 0 aliphatic heterocycles. The molecule has 1 unspecified atom stereocenters. The van der Waals surface area contributed by atoms with E-state index < -0.39 is 16.8 Å². The van der Waals surface area contributed by atoms with E-state index in [2.05, 4.69) is 0 Å². The molecule has 1 atom stereocenters. The Morgan fingerprint density at radius 2 is 2.21 bits per heavy atom. The minimum atomic E-state index is -0.914. The smallest absolute Gasteiger partial charge is 0.306 e. The molecule has 1 aromatic rings. The van der Waals surface area contributed by atoms with E-state index in [-0.39, 0.29) is 17.1 Å². The van der Waals surface area contributed by atoms with Crippen molar-refractivity contribution in [2.75, 3.05) is 6.54 Å². The third-order valence-electron chi connectivity index (χ3n) is 2.82. The number of nitrogens with two attached hydrogens (primary N) is 1. The van der Waals surface area contributed by atoms with Gasteiger partial charge in [-0.2, -0.15) is 0 Å². The van der Waals surface area contributed by atoms with Crippen LogP contribution in [0.3, 0.4) is 0 Å². The summed E-state index contributed by atoms with van der Waals surface area (Å²) in [7, 11) is 0. The molecule has 1 aromatic carbocycles. The number of carboxylic acid groups (broad SMARTS) is 1. The third-order valence-corrected chi connectivity index (χ3v) is 3.17. The van der Waals surface area contributed by atoms with Crippen LogP contribution in [-0.4, -0.2) is 22.5 Å². The molecule has 0 amide bonds. The maximum absolute atomic E-state index is 11.1. The van der Waals surface area contributed by atoms with Crippen molar-refractivity contribution in [3.8, 4) is 0 Å². The van der Waals surface area contributed by atoms with Gasteiger partial charge >= 0.3 is 5.97 Å². The van der Waals surface area contributed by atoms with Crippen LogP contribution >= 0.6 is 11.6 Å². The lowest BCUT2D eigenvalue weighted by Crippen LogP contribution is -2.18. The third kappa shape index (κ3) is 4.50. The Labute approximate surface area is 115 Å². The van der Waals surface area contributed by atoms with E-state index in [1.165, 1.54) is 18.2 Å². The van der Waals surface area contributed by atoms with Gasteiger partial charge < -0.3 is 10.8 Å². The fraction of sp³-hybridized carbons (Fsp3) is 0.417. The minimum Gasteiger partial charge on any atom is -0.481 e. The van der Waals surface area contributed by atoms with Gasteiger partial charge in [-0.15, -0.1) is 0 Å². The molecule has 0 saturated heterocycles. The number of carboxylic acids is 1. The van der Waals surface area contributed by atoms with Crippen molar-refractivity contribution in [3.05, 3.63) is 38.9 Å². The lowest BCUT2D eigenvalue weighted by Gasteiger charge is -2.12. The van der Waals surface area contributed by atoms with Gasteiger partial charge in [0.25, 0.3) is 5.69 Å². The summed E-state index contributed by atoms with van der Waals surface area (Å²) in [6.45, 7) is 0.428. The van der Waals surface area contributed by atoms with Gasteiger partial charge in [0.05, 0.1) is 15.9 Å². The van der Waals surface area contributed by atoms with Gasteiger partial charge in [0.2, 0.25) is 0 Å². The SMILES string of the molecule is NCCCC(Cc1ccc([N+](=O)[O-])cc1Cl)C(=O)O. The molecule has 0 aliphatic rings. The highest BCUT2D eigenvalue weighted by Gasteiger charge is 2.19. The highest BCUT2D eigenvalue weighted by molar-refractivity contribution is 6.31. The Hall–Kier alpha value is -1.66. The van der Waals surface area contributed by atoms with Gasteiger partial charge in [0, 0.05) is 12.1 Å². The first-order chi connectivity index (χ1) is 8.95. The van der Waals surface area contributed by atoms with E-state index in [4.69, 9.17) is 22.4 Å². The summed E-state index contributed by atoms with van der Waals surface area (Å²) < 4.78 is 0. The maximum atomic E-state index is 11.1. The molecule has 0 radical (unpaired) electrons. The molecule has 7 heteroatoms. The predicted molar refractivity (Wildman–Crippen MR) is 71.2 cm³/mol. The zero-order valence-electron chi connectivity index (χ0n) is 10.2. The lowest BCUT2D eigenvalue weighted by molar-refractivity contribution is -0.384. The summed E-state index contributed by atoms with van der Waals surface area (Å²) in [5, 5.41) is 19.9. The van der Waals surface area contributed by atoms with Crippen molar-refractivity contribution >= 4 is 23.3 Å². The largest absolute Gasteiger partial charge is 0.481 e. The normalized spacial score (nSPS) is 12.1. The first-order valence-electron chi connectivity index (χ1n) is 5.81. The molecule has 1 rings (SSSR count). The molecule has 3 N–H and O–H groups in total. The average molecular weight is 287 g/mol. The number of carbonyl (C=O) groups is 1. The molecule has 0 aromatic heterocycles. The van der Waals surface area contributed by atoms with Crippen molar-refractivity contribution < 1.29 is 14.8 Å². The van der Waals surface area contributed by atoms with Crippen molar-refractivity contribution in [2.45, 2.75) is 19.3 Å². The van der Waals surface area contributed by atoms with Crippen LogP contribution in [0.5, 0.6) is 0 Å². The minimum absolute atomic E-state index is 0.109. The molecule has 0 heterocycles. The monoisotopic (exact) mass is 286 g/mol. The molecular formula is C12H15ClN2O4. The van der Waals surface area contributed by atoms with Gasteiger partial charge in [-0.1, -0.05) is 17.7 Å². The van der Waals surface area contributed by atoms with Crippen LogP contribution in [0.25, 0.3) is 0 Å². The highest BCUT2D eigenvalue weighted by atomic mass is 35.5. The number of nitro groups is 1. The summed E-state index contributed by atoms with van der Waals surface area (Å²) in [5.74, 6) is -1.50. The number of aliphatic carboxylic acids is 1. The van der Waals surface area contributed by atoms with Crippen LogP contribution in [0.15, 0.2) is 18.2 Å². The van der Waals surface area contributed by atoms with E-state index in [1.54, 1.807) is 0 Å². The Bertz CT molecular complexity index is 479. The van der Waals surface area contributed by atoms with Crippen LogP contribution in [0, 0.1) is 16.0 Å². The molecular weight excluding hydrogens is 272 g/mol. The Balaban J connectivity index is 2.84. The van der Waals surface area contributed by atoms with Crippen LogP contribution in [0.4, 0.5) is 5.69 Å². The molecule has 0 saturated carbocycles. The molecule has 104 valence electrons. The predicted octanol–water partition coefficient (Wildman–Crippen LogP) is 2.23. The number of hydrogen-bond acceptors (Lipinski definition) is 4. The number of benzene rings is 1. The Morgan fingerprint density at radius 1 is 1.53 bits per heavy atom. The van der Waals surface area contributed by atoms with Gasteiger partial charge in [-0.3, -0.25) is 14.9 Å². The second-order valence-electron chi connectivity index (χ2n) is 4.20. The topological polar surface area (TPSA) is 106 Å². The van der Waals surface area contributed by atoms with E-state index >= 15 is 0 Å². The van der Waals surface area contributed by atoms with Gasteiger partial charge in [-0.25, -0.2) is 0 Å². The molecule has 6 nitrogen and oxygen atoms in total. The van der Waals surface area contributed by atoms with Crippen LogP contribution in [0.1, 0.15) is 18.4 Å². The average Bonchev–Trinajstić information content (AvgIpc) is 2.35. The first kappa shape index (κ1) is 15.4. The number of rotatable bonds is 7. The Kier molecular flexibility index (Phi) is 5.72. The van der Waals surface area contributed by atoms with Gasteiger partial charge in [0.15, 0.2) is 0 Å². The van der Waals surface area contributed by atoms with Gasteiger partial charge in [0.1, 0.15) is 0 Å². The van der Waals surface area contributed by atoms with Crippen LogP contribution in [0.2, 0.25) is 5.02 Å². The lowest BCUT2D eigenvalue weighted by atomic mass is 9.94. The summed E-state index contributed by atoms with van der Waals surface area (Å²) >= 11 is 5.93. The molecule has 0 aliphatic carbocycles.